The number of halogens is 3. The van der Waals surface area contributed by atoms with Crippen molar-refractivity contribution in [3.8, 4) is 0 Å². The summed E-state index contributed by atoms with van der Waals surface area (Å²) in [5, 5.41) is 4.22. The van der Waals surface area contributed by atoms with Crippen molar-refractivity contribution >= 4 is 23.2 Å². The first-order chi connectivity index (χ1) is 9.15. The first-order valence-electron chi connectivity index (χ1n) is 5.91. The monoisotopic (exact) mass is 298 g/mol. The molecule has 5 heteroatoms. The molecule has 0 aliphatic rings. The van der Waals surface area contributed by atoms with Gasteiger partial charge in [-0.2, -0.15) is 0 Å². The zero-order valence-corrected chi connectivity index (χ0v) is 11.8. The number of nitrogens with one attached hydrogen (secondary N) is 1. The van der Waals surface area contributed by atoms with Crippen LogP contribution in [0.5, 0.6) is 0 Å². The fraction of sp³-hybridized carbons (Fsp3) is 0.214. The summed E-state index contributed by atoms with van der Waals surface area (Å²) < 4.78 is 13.9. The molecular formula is C14H13Cl2FN2. The van der Waals surface area contributed by atoms with E-state index in [-0.39, 0.29) is 5.82 Å². The molecule has 2 rings (SSSR count). The van der Waals surface area contributed by atoms with Crippen LogP contribution in [-0.4, -0.2) is 11.5 Å². The summed E-state index contributed by atoms with van der Waals surface area (Å²) in [6, 6.07) is 6.48. The summed E-state index contributed by atoms with van der Waals surface area (Å²) in [6.07, 6.45) is 2.73. The fourth-order valence-corrected chi connectivity index (χ4v) is 2.59. The normalized spacial score (nSPS) is 12.4. The Balaban J connectivity index is 2.55. The highest BCUT2D eigenvalue weighted by Gasteiger charge is 2.21. The molecule has 0 saturated heterocycles. The molecule has 1 heterocycles. The maximum Gasteiger partial charge on any atom is 0.146 e. The summed E-state index contributed by atoms with van der Waals surface area (Å²) in [4.78, 5) is 3.76. The molecule has 1 aromatic carbocycles. The fourth-order valence-electron chi connectivity index (χ4n) is 1.98. The second-order valence-corrected chi connectivity index (χ2v) is 4.84. The molecule has 100 valence electrons. The standard InChI is InChI=1S/C14H13Cl2FN2/c1-2-19-14(9-6-7-18-8-12(9)17)13-10(15)4-3-5-11(13)16/h3-8,14,19H,2H2,1H3. The maximum absolute atomic E-state index is 13.9. The van der Waals surface area contributed by atoms with Gasteiger partial charge in [-0.05, 0) is 24.7 Å². The highest BCUT2D eigenvalue weighted by atomic mass is 35.5. The Morgan fingerprint density at radius 2 is 1.95 bits per heavy atom. The second kappa shape index (κ2) is 6.33. The highest BCUT2D eigenvalue weighted by molar-refractivity contribution is 6.36. The molecule has 0 amide bonds. The third-order valence-corrected chi connectivity index (χ3v) is 3.47. The van der Waals surface area contributed by atoms with Gasteiger partial charge in [0.15, 0.2) is 0 Å². The van der Waals surface area contributed by atoms with Crippen molar-refractivity contribution < 1.29 is 4.39 Å². The minimum Gasteiger partial charge on any atom is -0.306 e. The summed E-state index contributed by atoms with van der Waals surface area (Å²) >= 11 is 12.4. The van der Waals surface area contributed by atoms with Crippen molar-refractivity contribution in [3.05, 3.63) is 63.6 Å². The van der Waals surface area contributed by atoms with Gasteiger partial charge in [-0.25, -0.2) is 4.39 Å². The van der Waals surface area contributed by atoms with Crippen LogP contribution in [0, 0.1) is 5.82 Å². The van der Waals surface area contributed by atoms with Gasteiger partial charge in [0.25, 0.3) is 0 Å². The van der Waals surface area contributed by atoms with Gasteiger partial charge in [0.05, 0.1) is 12.2 Å². The van der Waals surface area contributed by atoms with E-state index in [1.807, 2.05) is 6.92 Å². The van der Waals surface area contributed by atoms with Gasteiger partial charge in [-0.1, -0.05) is 36.2 Å². The predicted molar refractivity (Wildman–Crippen MR) is 76.2 cm³/mol. The van der Waals surface area contributed by atoms with Crippen LogP contribution >= 0.6 is 23.2 Å². The number of rotatable bonds is 4. The number of nitrogens with zero attached hydrogens (tertiary/aromatic N) is 1. The van der Waals surface area contributed by atoms with Crippen molar-refractivity contribution in [3.63, 3.8) is 0 Å². The van der Waals surface area contributed by atoms with Gasteiger partial charge in [0.2, 0.25) is 0 Å². The van der Waals surface area contributed by atoms with E-state index in [4.69, 9.17) is 23.2 Å². The molecule has 1 unspecified atom stereocenters. The van der Waals surface area contributed by atoms with Crippen LogP contribution in [0.15, 0.2) is 36.7 Å². The maximum atomic E-state index is 13.9. The molecule has 1 atom stereocenters. The van der Waals surface area contributed by atoms with Gasteiger partial charge in [0, 0.05) is 27.4 Å². The van der Waals surface area contributed by atoms with E-state index in [2.05, 4.69) is 10.3 Å². The summed E-state index contributed by atoms with van der Waals surface area (Å²) in [6.45, 7) is 2.60. The Labute approximate surface area is 121 Å². The summed E-state index contributed by atoms with van der Waals surface area (Å²) in [5.74, 6) is -0.385. The van der Waals surface area contributed by atoms with E-state index >= 15 is 0 Å². The number of aromatic nitrogens is 1. The Bertz CT molecular complexity index is 555. The van der Waals surface area contributed by atoms with Gasteiger partial charge >= 0.3 is 0 Å². The Kier molecular flexibility index (Phi) is 4.75. The zero-order chi connectivity index (χ0) is 13.8. The van der Waals surface area contributed by atoms with E-state index in [0.717, 1.165) is 0 Å². The molecule has 0 spiro atoms. The lowest BCUT2D eigenvalue weighted by molar-refractivity contribution is 0.555. The van der Waals surface area contributed by atoms with Crippen molar-refractivity contribution in [2.24, 2.45) is 0 Å². The van der Waals surface area contributed by atoms with E-state index in [9.17, 15) is 4.39 Å². The van der Waals surface area contributed by atoms with Crippen LogP contribution in [0.25, 0.3) is 0 Å². The Morgan fingerprint density at radius 1 is 1.26 bits per heavy atom. The molecule has 0 bridgehead atoms. The van der Waals surface area contributed by atoms with Crippen LogP contribution in [-0.2, 0) is 0 Å². The van der Waals surface area contributed by atoms with Crippen molar-refractivity contribution in [1.29, 1.82) is 0 Å². The summed E-state index contributed by atoms with van der Waals surface area (Å²) in [7, 11) is 0. The Morgan fingerprint density at radius 3 is 2.53 bits per heavy atom. The van der Waals surface area contributed by atoms with Crippen LogP contribution in [0.4, 0.5) is 4.39 Å². The van der Waals surface area contributed by atoms with Crippen molar-refractivity contribution in [1.82, 2.24) is 10.3 Å². The van der Waals surface area contributed by atoms with E-state index in [1.54, 1.807) is 30.5 Å². The van der Waals surface area contributed by atoms with Gasteiger partial charge in [-0.3, -0.25) is 4.98 Å². The largest absolute Gasteiger partial charge is 0.306 e. The molecule has 0 saturated carbocycles. The van der Waals surface area contributed by atoms with Crippen LogP contribution in [0.1, 0.15) is 24.1 Å². The van der Waals surface area contributed by atoms with Crippen LogP contribution in [0.2, 0.25) is 10.0 Å². The molecule has 0 aliphatic heterocycles. The molecule has 0 radical (unpaired) electrons. The number of pyridine rings is 1. The smallest absolute Gasteiger partial charge is 0.146 e. The number of hydrogen-bond donors (Lipinski definition) is 1. The molecular weight excluding hydrogens is 286 g/mol. The summed E-state index contributed by atoms with van der Waals surface area (Å²) in [5.41, 5.74) is 1.16. The first kappa shape index (κ1) is 14.3. The minimum absolute atomic E-state index is 0.385. The Hall–Kier alpha value is -1.16. The zero-order valence-electron chi connectivity index (χ0n) is 10.3. The van der Waals surface area contributed by atoms with E-state index in [0.29, 0.717) is 27.7 Å². The van der Waals surface area contributed by atoms with Gasteiger partial charge in [0.1, 0.15) is 5.82 Å². The quantitative estimate of drug-likeness (QED) is 0.914. The minimum atomic E-state index is -0.394. The number of benzene rings is 1. The molecule has 19 heavy (non-hydrogen) atoms. The molecule has 1 aromatic heterocycles. The number of hydrogen-bond acceptors (Lipinski definition) is 2. The van der Waals surface area contributed by atoms with E-state index < -0.39 is 6.04 Å². The predicted octanol–water partition coefficient (Wildman–Crippen LogP) is 4.23. The van der Waals surface area contributed by atoms with E-state index in [1.165, 1.54) is 6.20 Å². The van der Waals surface area contributed by atoms with Crippen LogP contribution in [0.3, 0.4) is 0 Å². The molecule has 1 N–H and O–H groups in total. The van der Waals surface area contributed by atoms with Gasteiger partial charge < -0.3 is 5.32 Å². The average Bonchev–Trinajstić information content (AvgIpc) is 2.38. The van der Waals surface area contributed by atoms with Crippen molar-refractivity contribution in [2.75, 3.05) is 6.54 Å². The lowest BCUT2D eigenvalue weighted by atomic mass is 9.99. The highest BCUT2D eigenvalue weighted by Crippen LogP contribution is 2.34. The molecule has 2 aromatic rings. The molecule has 0 fully saturated rings. The lowest BCUT2D eigenvalue weighted by Crippen LogP contribution is -2.23. The molecule has 2 nitrogen and oxygen atoms in total. The lowest BCUT2D eigenvalue weighted by Gasteiger charge is -2.21. The SMILES string of the molecule is CCNC(c1ccncc1F)c1c(Cl)cccc1Cl. The molecule has 0 aliphatic carbocycles. The van der Waals surface area contributed by atoms with Gasteiger partial charge in [-0.15, -0.1) is 0 Å². The van der Waals surface area contributed by atoms with Crippen molar-refractivity contribution in [2.45, 2.75) is 13.0 Å². The van der Waals surface area contributed by atoms with Crippen LogP contribution < -0.4 is 5.32 Å². The third-order valence-electron chi connectivity index (χ3n) is 2.81. The third kappa shape index (κ3) is 3.06. The topological polar surface area (TPSA) is 24.9 Å². The average molecular weight is 299 g/mol. The first-order valence-corrected chi connectivity index (χ1v) is 6.67. The second-order valence-electron chi connectivity index (χ2n) is 4.02.